The topological polar surface area (TPSA) is 115 Å². The highest BCUT2D eigenvalue weighted by Gasteiger charge is 2.26. The van der Waals surface area contributed by atoms with Gasteiger partial charge in [0.25, 0.3) is 5.91 Å². The number of nitrogens with zero attached hydrogens (tertiary/aromatic N) is 4. The third-order valence-electron chi connectivity index (χ3n) is 6.04. The van der Waals surface area contributed by atoms with Gasteiger partial charge < -0.3 is 14.8 Å². The van der Waals surface area contributed by atoms with Gasteiger partial charge in [0.1, 0.15) is 5.75 Å². The minimum absolute atomic E-state index is 0.000140. The number of hydrogen-bond acceptors (Lipinski definition) is 8. The van der Waals surface area contributed by atoms with Crippen molar-refractivity contribution in [3.8, 4) is 17.0 Å². The van der Waals surface area contributed by atoms with Gasteiger partial charge in [0, 0.05) is 30.2 Å². The molecule has 0 radical (unpaired) electrons. The van der Waals surface area contributed by atoms with Crippen LogP contribution in [0.5, 0.6) is 5.75 Å². The molecule has 0 aliphatic carbocycles. The van der Waals surface area contributed by atoms with Crippen LogP contribution in [0, 0.1) is 5.92 Å². The molecule has 0 saturated carbocycles. The fourth-order valence-corrected chi connectivity index (χ4v) is 6.27. The second kappa shape index (κ2) is 11.2. The zero-order valence-corrected chi connectivity index (χ0v) is 22.8. The summed E-state index contributed by atoms with van der Waals surface area (Å²) < 4.78 is 39.9. The molecule has 1 amide bonds. The Morgan fingerprint density at radius 2 is 1.89 bits per heavy atom. The molecule has 1 fully saturated rings. The number of amides is 1. The number of carbonyl (C=O) groups excluding carboxylic acids is 1. The van der Waals surface area contributed by atoms with E-state index < -0.39 is 10.0 Å². The van der Waals surface area contributed by atoms with Gasteiger partial charge in [-0.25, -0.2) is 18.1 Å². The number of anilines is 1. The van der Waals surface area contributed by atoms with Crippen LogP contribution in [-0.2, 0) is 19.6 Å². The average Bonchev–Trinajstić information content (AvgIpc) is 3.31. The van der Waals surface area contributed by atoms with Crippen LogP contribution in [0.2, 0.25) is 0 Å². The first-order chi connectivity index (χ1) is 18.3. The Kier molecular flexibility index (Phi) is 7.75. The maximum absolute atomic E-state index is 13.0. The predicted molar refractivity (Wildman–Crippen MR) is 146 cm³/mol. The van der Waals surface area contributed by atoms with E-state index in [0.717, 1.165) is 17.7 Å². The highest BCUT2D eigenvalue weighted by atomic mass is 32.2. The normalized spacial score (nSPS) is 17.0. The first-order valence-corrected chi connectivity index (χ1v) is 14.7. The molecular weight excluding hydrogens is 526 g/mol. The van der Waals surface area contributed by atoms with Gasteiger partial charge in [0.2, 0.25) is 14.8 Å². The molecule has 2 aliphatic rings. The minimum atomic E-state index is -3.58. The molecule has 38 heavy (non-hydrogen) atoms. The molecule has 2 aromatic carbocycles. The van der Waals surface area contributed by atoms with Gasteiger partial charge in [-0.2, -0.15) is 9.41 Å². The largest absolute Gasteiger partial charge is 0.482 e. The maximum atomic E-state index is 13.0. The Balaban J connectivity index is 1.49. The zero-order chi connectivity index (χ0) is 26.7. The number of carbonyl (C=O) groups is 1. The van der Waals surface area contributed by atoms with Crippen LogP contribution < -0.4 is 14.9 Å². The summed E-state index contributed by atoms with van der Waals surface area (Å²) >= 11 is 1.42. The summed E-state index contributed by atoms with van der Waals surface area (Å²) in [5.74, 6) is 0.868. The molecule has 1 N–H and O–H groups in total. The summed E-state index contributed by atoms with van der Waals surface area (Å²) in [6.45, 7) is 5.73. The predicted octanol–water partition coefficient (Wildman–Crippen LogP) is 3.68. The summed E-state index contributed by atoms with van der Waals surface area (Å²) in [5, 5.41) is 9.50. The van der Waals surface area contributed by atoms with E-state index in [0.29, 0.717) is 54.1 Å². The summed E-state index contributed by atoms with van der Waals surface area (Å²) in [5.41, 5.74) is 2.88. The van der Waals surface area contributed by atoms with E-state index in [1.807, 2.05) is 29.8 Å². The van der Waals surface area contributed by atoms with Crippen LogP contribution in [0.3, 0.4) is 0 Å². The van der Waals surface area contributed by atoms with Crippen LogP contribution >= 0.6 is 11.3 Å². The molecule has 0 atom stereocenters. The zero-order valence-electron chi connectivity index (χ0n) is 21.2. The van der Waals surface area contributed by atoms with Crippen LogP contribution in [0.25, 0.3) is 11.3 Å². The number of ether oxygens (including phenoxy) is 2. The van der Waals surface area contributed by atoms with E-state index >= 15 is 0 Å². The van der Waals surface area contributed by atoms with Crippen molar-refractivity contribution in [2.24, 2.45) is 16.0 Å². The number of fused-ring (bicyclic) bond motifs is 1. The molecule has 10 nitrogen and oxygen atoms in total. The summed E-state index contributed by atoms with van der Waals surface area (Å²) in [4.78, 5) is 17.4. The first-order valence-electron chi connectivity index (χ1n) is 12.3. The van der Waals surface area contributed by atoms with E-state index in [4.69, 9.17) is 19.6 Å². The maximum Gasteiger partial charge on any atom is 0.262 e. The summed E-state index contributed by atoms with van der Waals surface area (Å²) in [6, 6.07) is 12.2. The molecule has 12 heteroatoms. The lowest BCUT2D eigenvalue weighted by Crippen LogP contribution is -2.40. The van der Waals surface area contributed by atoms with Crippen LogP contribution in [0.15, 0.2) is 62.8 Å². The van der Waals surface area contributed by atoms with Crippen molar-refractivity contribution in [1.82, 2.24) is 8.98 Å². The van der Waals surface area contributed by atoms with Crippen molar-refractivity contribution in [2.45, 2.75) is 25.2 Å². The van der Waals surface area contributed by atoms with E-state index in [9.17, 15) is 13.2 Å². The minimum Gasteiger partial charge on any atom is -0.482 e. The molecule has 3 heterocycles. The van der Waals surface area contributed by atoms with Crippen molar-refractivity contribution in [3.05, 3.63) is 52.6 Å². The smallest absolute Gasteiger partial charge is 0.262 e. The SMILES string of the molecule is CC(C)CC=Nn1c(-c2ccc3c(c2)NC(=O)CO3)csc1=Nc1ccc(S(=O)(=O)N2CCOCC2)cc1. The molecule has 0 unspecified atom stereocenters. The van der Waals surface area contributed by atoms with Gasteiger partial charge in [-0.1, -0.05) is 13.8 Å². The van der Waals surface area contributed by atoms with Gasteiger partial charge in [-0.05, 0) is 54.8 Å². The number of nitrogens with one attached hydrogen (secondary N) is 1. The van der Waals surface area contributed by atoms with Gasteiger partial charge in [0.15, 0.2) is 6.61 Å². The first kappa shape index (κ1) is 26.3. The second-order valence-corrected chi connectivity index (χ2v) is 12.1. The standard InChI is InChI=1S/C26H29N5O5S2/c1-18(2)9-10-27-31-23(19-3-8-24-22(15-19)29-25(32)16-36-24)17-37-26(31)28-20-4-6-21(7-5-20)38(33,34)30-11-13-35-14-12-30/h3-8,10,15,17-18H,9,11-14,16H2,1-2H3,(H,29,32). The van der Waals surface area contributed by atoms with Crippen LogP contribution in [-0.4, -0.2) is 62.4 Å². The second-order valence-electron chi connectivity index (χ2n) is 9.31. The molecule has 200 valence electrons. The number of rotatable bonds is 7. The van der Waals surface area contributed by atoms with Gasteiger partial charge >= 0.3 is 0 Å². The number of aromatic nitrogens is 1. The Morgan fingerprint density at radius 3 is 2.63 bits per heavy atom. The van der Waals surface area contributed by atoms with Crippen molar-refractivity contribution in [2.75, 3.05) is 38.2 Å². The Hall–Kier alpha value is -3.32. The summed E-state index contributed by atoms with van der Waals surface area (Å²) in [6.07, 6.45) is 2.66. The molecule has 2 aliphatic heterocycles. The van der Waals surface area contributed by atoms with Crippen molar-refractivity contribution >= 4 is 44.9 Å². The third kappa shape index (κ3) is 5.73. The lowest BCUT2D eigenvalue weighted by atomic mass is 10.1. The number of sulfonamides is 1. The van der Waals surface area contributed by atoms with Crippen LogP contribution in [0.4, 0.5) is 11.4 Å². The monoisotopic (exact) mass is 555 g/mol. The fourth-order valence-electron chi connectivity index (χ4n) is 4.01. The van der Waals surface area contributed by atoms with Crippen molar-refractivity contribution in [3.63, 3.8) is 0 Å². The number of benzene rings is 2. The van der Waals surface area contributed by atoms with Gasteiger partial charge in [-0.3, -0.25) is 4.79 Å². The quantitative estimate of drug-likeness (QED) is 0.447. The highest BCUT2D eigenvalue weighted by molar-refractivity contribution is 7.89. The molecule has 0 spiro atoms. The third-order valence-corrected chi connectivity index (χ3v) is 8.77. The van der Waals surface area contributed by atoms with Crippen molar-refractivity contribution < 1.29 is 22.7 Å². The lowest BCUT2D eigenvalue weighted by Gasteiger charge is -2.26. The molecule has 0 bridgehead atoms. The van der Waals surface area contributed by atoms with E-state index in [-0.39, 0.29) is 17.4 Å². The molecule has 1 saturated heterocycles. The number of thiazole rings is 1. The number of morpholine rings is 1. The Bertz CT molecular complexity index is 1520. The van der Waals surface area contributed by atoms with Gasteiger partial charge in [-0.15, -0.1) is 11.3 Å². The molecule has 3 aromatic rings. The highest BCUT2D eigenvalue weighted by Crippen LogP contribution is 2.33. The molecule has 1 aromatic heterocycles. The van der Waals surface area contributed by atoms with E-state index in [2.05, 4.69) is 19.2 Å². The Labute approximate surface area is 225 Å². The van der Waals surface area contributed by atoms with Gasteiger partial charge in [0.05, 0.1) is 35.2 Å². The van der Waals surface area contributed by atoms with E-state index in [1.165, 1.54) is 15.6 Å². The van der Waals surface area contributed by atoms with Crippen LogP contribution in [0.1, 0.15) is 20.3 Å². The lowest BCUT2D eigenvalue weighted by molar-refractivity contribution is -0.118. The number of hydrogen-bond donors (Lipinski definition) is 1. The summed E-state index contributed by atoms with van der Waals surface area (Å²) in [7, 11) is -3.58. The Morgan fingerprint density at radius 1 is 1.13 bits per heavy atom. The van der Waals surface area contributed by atoms with E-state index in [1.54, 1.807) is 28.9 Å². The molecule has 5 rings (SSSR count). The fraction of sp³-hybridized carbons (Fsp3) is 0.346. The molecular formula is C26H29N5O5S2. The van der Waals surface area contributed by atoms with Crippen molar-refractivity contribution in [1.29, 1.82) is 0 Å². The average molecular weight is 556 g/mol.